The molecule has 0 bridgehead atoms. The van der Waals surface area contributed by atoms with Gasteiger partial charge in [-0.25, -0.2) is 4.79 Å². The second-order valence-electron chi connectivity index (χ2n) is 13.9. The lowest BCUT2D eigenvalue weighted by Gasteiger charge is -2.25. The summed E-state index contributed by atoms with van der Waals surface area (Å²) >= 11 is 0. The molecular formula is C44H72NO8+. The molecule has 0 aromatic rings. The van der Waals surface area contributed by atoms with Gasteiger partial charge in [0.1, 0.15) is 13.2 Å². The van der Waals surface area contributed by atoms with Gasteiger partial charge in [-0.3, -0.25) is 9.59 Å². The first-order chi connectivity index (χ1) is 25.6. The van der Waals surface area contributed by atoms with Gasteiger partial charge < -0.3 is 28.5 Å². The number of carbonyl (C=O) groups is 3. The van der Waals surface area contributed by atoms with Crippen molar-refractivity contribution in [3.8, 4) is 0 Å². The molecule has 0 amide bonds. The zero-order valence-corrected chi connectivity index (χ0v) is 33.6. The van der Waals surface area contributed by atoms with E-state index in [0.717, 1.165) is 77.0 Å². The SMILES string of the molecule is CC/C=C\C/C=C\C/C=C\C/C=C\C/C=C\C/C=C\C/C=C\CCCC(=O)OC(COC(=O)CCCCCCC)COC(OCC[N+](C)(C)C)C(=O)O. The first kappa shape index (κ1) is 49.5. The number of carbonyl (C=O) groups excluding carboxylic acids is 2. The Hall–Kier alpha value is -3.53. The smallest absolute Gasteiger partial charge is 0.361 e. The van der Waals surface area contributed by atoms with Gasteiger partial charge in [0.2, 0.25) is 0 Å². The molecule has 0 aliphatic rings. The molecule has 0 saturated carbocycles. The van der Waals surface area contributed by atoms with Crippen LogP contribution in [0.4, 0.5) is 0 Å². The van der Waals surface area contributed by atoms with Crippen molar-refractivity contribution < 1.29 is 42.9 Å². The van der Waals surface area contributed by atoms with E-state index < -0.39 is 24.3 Å². The van der Waals surface area contributed by atoms with Crippen molar-refractivity contribution in [3.05, 3.63) is 85.1 Å². The first-order valence-corrected chi connectivity index (χ1v) is 19.8. The Labute approximate surface area is 321 Å². The summed E-state index contributed by atoms with van der Waals surface area (Å²) in [7, 11) is 5.91. The highest BCUT2D eigenvalue weighted by molar-refractivity contribution is 5.71. The summed E-state index contributed by atoms with van der Waals surface area (Å²) < 4.78 is 22.4. The number of nitrogens with zero attached hydrogens (tertiary/aromatic N) is 1. The van der Waals surface area contributed by atoms with E-state index >= 15 is 0 Å². The molecule has 0 spiro atoms. The molecule has 2 unspecified atom stereocenters. The maximum absolute atomic E-state index is 12.6. The third-order valence-corrected chi connectivity index (χ3v) is 7.67. The molecule has 1 N–H and O–H groups in total. The molecule has 0 aliphatic carbocycles. The molecule has 0 aliphatic heterocycles. The van der Waals surface area contributed by atoms with E-state index in [4.69, 9.17) is 18.9 Å². The molecule has 53 heavy (non-hydrogen) atoms. The van der Waals surface area contributed by atoms with Crippen LogP contribution < -0.4 is 0 Å². The van der Waals surface area contributed by atoms with Gasteiger partial charge >= 0.3 is 17.9 Å². The van der Waals surface area contributed by atoms with Gasteiger partial charge in [-0.05, 0) is 64.2 Å². The fraction of sp³-hybridized carbons (Fsp3) is 0.614. The van der Waals surface area contributed by atoms with Gasteiger partial charge in [0, 0.05) is 12.8 Å². The fourth-order valence-electron chi connectivity index (χ4n) is 4.59. The predicted octanol–water partition coefficient (Wildman–Crippen LogP) is 9.77. The highest BCUT2D eigenvalue weighted by Crippen LogP contribution is 2.09. The minimum atomic E-state index is -1.52. The van der Waals surface area contributed by atoms with Crippen LogP contribution in [0.5, 0.6) is 0 Å². The number of ether oxygens (including phenoxy) is 4. The normalized spacial score (nSPS) is 13.9. The molecule has 9 nitrogen and oxygen atoms in total. The third-order valence-electron chi connectivity index (χ3n) is 7.67. The van der Waals surface area contributed by atoms with E-state index in [1.54, 1.807) is 0 Å². The fourth-order valence-corrected chi connectivity index (χ4v) is 4.59. The third kappa shape index (κ3) is 36.6. The van der Waals surface area contributed by atoms with Gasteiger partial charge in [0.15, 0.2) is 6.10 Å². The first-order valence-electron chi connectivity index (χ1n) is 19.8. The molecule has 0 saturated heterocycles. The number of carboxylic acids is 1. The van der Waals surface area contributed by atoms with E-state index in [-0.39, 0.29) is 38.6 Å². The van der Waals surface area contributed by atoms with Crippen molar-refractivity contribution in [3.63, 3.8) is 0 Å². The van der Waals surface area contributed by atoms with Crippen molar-refractivity contribution in [2.45, 2.75) is 129 Å². The van der Waals surface area contributed by atoms with Gasteiger partial charge in [-0.15, -0.1) is 0 Å². The molecule has 0 rings (SSSR count). The molecule has 0 aromatic heterocycles. The van der Waals surface area contributed by atoms with E-state index in [9.17, 15) is 19.5 Å². The minimum Gasteiger partial charge on any atom is -0.477 e. The maximum Gasteiger partial charge on any atom is 0.361 e. The molecule has 2 atom stereocenters. The summed E-state index contributed by atoms with van der Waals surface area (Å²) in [6, 6.07) is 0. The summed E-state index contributed by atoms with van der Waals surface area (Å²) in [4.78, 5) is 36.6. The number of rotatable bonds is 34. The largest absolute Gasteiger partial charge is 0.477 e. The predicted molar refractivity (Wildman–Crippen MR) is 216 cm³/mol. The Morgan fingerprint density at radius 3 is 1.57 bits per heavy atom. The monoisotopic (exact) mass is 743 g/mol. The standard InChI is InChI=1S/C44H71NO8/c1-6-8-10-12-13-14-15-16-17-18-19-20-21-22-23-24-25-26-27-28-29-31-33-35-42(47)53-40(38-51-41(46)34-32-30-11-9-7-2)39-52-44(43(48)49)50-37-36-45(3,4)5/h8,10,13-14,16-17,19-20,22-23,25-26,28-29,40,44H,6-7,9,11-12,15,18,21,24,27,30-39H2,1-5H3/p+1/b10-8-,14-13-,17-16-,20-19-,23-22-,26-25-,29-28-. The summed E-state index contributed by atoms with van der Waals surface area (Å²) in [5.74, 6) is -2.12. The Kier molecular flexibility index (Phi) is 33.1. The average molecular weight is 743 g/mol. The second-order valence-corrected chi connectivity index (χ2v) is 13.9. The molecule has 300 valence electrons. The zero-order chi connectivity index (χ0) is 39.3. The van der Waals surface area contributed by atoms with Crippen LogP contribution >= 0.6 is 0 Å². The summed E-state index contributed by atoms with van der Waals surface area (Å²) in [5, 5.41) is 9.55. The lowest BCUT2D eigenvalue weighted by atomic mass is 10.1. The zero-order valence-electron chi connectivity index (χ0n) is 33.6. The van der Waals surface area contributed by atoms with Crippen molar-refractivity contribution >= 4 is 17.9 Å². The number of carboxylic acid groups (broad SMARTS) is 1. The van der Waals surface area contributed by atoms with Crippen LogP contribution in [0.2, 0.25) is 0 Å². The lowest BCUT2D eigenvalue weighted by molar-refractivity contribution is -0.870. The Balaban J connectivity index is 4.47. The van der Waals surface area contributed by atoms with E-state index in [1.165, 1.54) is 0 Å². The summed E-state index contributed by atoms with van der Waals surface area (Å²) in [6.45, 7) is 4.54. The average Bonchev–Trinajstić information content (AvgIpc) is 3.11. The number of quaternary nitrogens is 1. The molecule has 0 aromatic carbocycles. The molecule has 0 radical (unpaired) electrons. The highest BCUT2D eigenvalue weighted by Gasteiger charge is 2.25. The number of hydrogen-bond acceptors (Lipinski definition) is 7. The summed E-state index contributed by atoms with van der Waals surface area (Å²) in [6.07, 6.45) is 41.3. The summed E-state index contributed by atoms with van der Waals surface area (Å²) in [5.41, 5.74) is 0. The number of hydrogen-bond donors (Lipinski definition) is 1. The molecule has 0 fully saturated rings. The van der Waals surface area contributed by atoms with Crippen molar-refractivity contribution in [2.75, 3.05) is 47.5 Å². The number of unbranched alkanes of at least 4 members (excludes halogenated alkanes) is 5. The quantitative estimate of drug-likeness (QED) is 0.0228. The van der Waals surface area contributed by atoms with E-state index in [1.807, 2.05) is 27.2 Å². The van der Waals surface area contributed by atoms with E-state index in [2.05, 4.69) is 92.8 Å². The minimum absolute atomic E-state index is 0.172. The Morgan fingerprint density at radius 1 is 0.585 bits per heavy atom. The number of likely N-dealkylation sites (N-methyl/N-ethyl adjacent to an activating group) is 1. The van der Waals surface area contributed by atoms with Gasteiger partial charge in [0.05, 0.1) is 34.4 Å². The second kappa shape index (κ2) is 35.5. The van der Waals surface area contributed by atoms with Crippen molar-refractivity contribution in [2.24, 2.45) is 0 Å². The lowest BCUT2D eigenvalue weighted by Crippen LogP contribution is -2.40. The molecule has 9 heteroatoms. The highest BCUT2D eigenvalue weighted by atomic mass is 16.7. The number of allylic oxidation sites excluding steroid dienone is 14. The maximum atomic E-state index is 12.6. The Morgan fingerprint density at radius 2 is 1.08 bits per heavy atom. The number of esters is 2. The van der Waals surface area contributed by atoms with Crippen LogP contribution in [0.25, 0.3) is 0 Å². The van der Waals surface area contributed by atoms with Gasteiger partial charge in [-0.1, -0.05) is 125 Å². The van der Waals surface area contributed by atoms with Crippen LogP contribution in [0.15, 0.2) is 85.1 Å². The van der Waals surface area contributed by atoms with Gasteiger partial charge in [0.25, 0.3) is 6.29 Å². The van der Waals surface area contributed by atoms with Crippen molar-refractivity contribution in [1.82, 2.24) is 0 Å². The molecule has 0 heterocycles. The van der Waals surface area contributed by atoms with Crippen LogP contribution in [-0.4, -0.2) is 87.4 Å². The van der Waals surface area contributed by atoms with Gasteiger partial charge in [-0.2, -0.15) is 0 Å². The van der Waals surface area contributed by atoms with Crippen LogP contribution in [0, 0.1) is 0 Å². The Bertz CT molecular complexity index is 1140. The van der Waals surface area contributed by atoms with Crippen LogP contribution in [0.3, 0.4) is 0 Å². The number of aliphatic carboxylic acids is 1. The van der Waals surface area contributed by atoms with Crippen molar-refractivity contribution in [1.29, 1.82) is 0 Å². The van der Waals surface area contributed by atoms with E-state index in [0.29, 0.717) is 23.9 Å². The topological polar surface area (TPSA) is 108 Å². The van der Waals surface area contributed by atoms with Crippen LogP contribution in [0.1, 0.15) is 117 Å². The molecular weight excluding hydrogens is 670 g/mol. The van der Waals surface area contributed by atoms with Crippen LogP contribution in [-0.2, 0) is 33.3 Å².